The lowest BCUT2D eigenvalue weighted by molar-refractivity contribution is -0.143. The van der Waals surface area contributed by atoms with E-state index in [1.54, 1.807) is 0 Å². The van der Waals surface area contributed by atoms with Crippen LogP contribution in [0, 0.1) is 23.2 Å². The fourth-order valence-electron chi connectivity index (χ4n) is 8.14. The summed E-state index contributed by atoms with van der Waals surface area (Å²) in [4.78, 5) is 30.0. The number of aliphatic carboxylic acids is 1. The van der Waals surface area contributed by atoms with Crippen LogP contribution in [0.2, 0.25) is 0 Å². The Kier molecular flexibility index (Phi) is 4.45. The first kappa shape index (κ1) is 19.4. The molecule has 2 N–H and O–H groups in total. The van der Waals surface area contributed by atoms with Crippen LogP contribution in [0.4, 0.5) is 0 Å². The summed E-state index contributed by atoms with van der Waals surface area (Å²) in [6.07, 6.45) is 10.1. The summed E-state index contributed by atoms with van der Waals surface area (Å²) in [5.74, 6) is 1.75. The molecule has 5 heteroatoms. The summed E-state index contributed by atoms with van der Waals surface area (Å²) in [5.41, 5.74) is 4.10. The molecule has 1 aromatic heterocycles. The summed E-state index contributed by atoms with van der Waals surface area (Å²) in [5, 5.41) is 10.4. The normalized spacial score (nSPS) is 33.6. The molecule has 5 nitrogen and oxygen atoms in total. The molecule has 2 heterocycles. The molecule has 0 spiro atoms. The number of nitrogens with zero attached hydrogens (tertiary/aromatic N) is 1. The van der Waals surface area contributed by atoms with Gasteiger partial charge >= 0.3 is 5.97 Å². The Bertz CT molecular complexity index is 1000. The van der Waals surface area contributed by atoms with Crippen molar-refractivity contribution in [2.45, 2.75) is 70.3 Å². The molecule has 7 rings (SSSR count). The first-order valence-corrected chi connectivity index (χ1v) is 12.1. The smallest absolute Gasteiger partial charge is 0.303 e. The molecular weight excluding hydrogens is 388 g/mol. The van der Waals surface area contributed by atoms with Crippen LogP contribution in [0.3, 0.4) is 0 Å². The van der Waals surface area contributed by atoms with E-state index in [0.717, 1.165) is 36.1 Å². The quantitative estimate of drug-likeness (QED) is 0.710. The van der Waals surface area contributed by atoms with Gasteiger partial charge < -0.3 is 15.0 Å². The topological polar surface area (TPSA) is 73.4 Å². The average molecular weight is 421 g/mol. The van der Waals surface area contributed by atoms with Crippen LogP contribution in [0.25, 0.3) is 10.9 Å². The highest BCUT2D eigenvalue weighted by atomic mass is 16.4. The zero-order valence-corrected chi connectivity index (χ0v) is 18.1. The second-order valence-electron chi connectivity index (χ2n) is 10.9. The number of nitrogens with one attached hydrogen (secondary N) is 1. The number of benzene rings is 1. The Morgan fingerprint density at radius 1 is 1.03 bits per heavy atom. The van der Waals surface area contributed by atoms with Crippen LogP contribution in [-0.2, 0) is 16.0 Å². The van der Waals surface area contributed by atoms with Crippen molar-refractivity contribution < 1.29 is 14.7 Å². The van der Waals surface area contributed by atoms with Gasteiger partial charge in [-0.15, -0.1) is 0 Å². The van der Waals surface area contributed by atoms with Gasteiger partial charge in [-0.1, -0.05) is 18.2 Å². The number of carbonyl (C=O) groups is 2. The lowest BCUT2D eigenvalue weighted by Gasteiger charge is -2.58. The van der Waals surface area contributed by atoms with Crippen LogP contribution in [0.1, 0.15) is 75.1 Å². The van der Waals surface area contributed by atoms with Gasteiger partial charge in [-0.2, -0.15) is 0 Å². The molecule has 4 saturated carbocycles. The fraction of sp³-hybridized carbons (Fsp3) is 0.615. The van der Waals surface area contributed by atoms with E-state index >= 15 is 0 Å². The van der Waals surface area contributed by atoms with Gasteiger partial charge in [-0.05, 0) is 86.2 Å². The molecule has 4 fully saturated rings. The molecule has 164 valence electrons. The molecule has 4 aliphatic carbocycles. The molecule has 1 atom stereocenters. The van der Waals surface area contributed by atoms with E-state index in [4.69, 9.17) is 5.11 Å². The zero-order valence-electron chi connectivity index (χ0n) is 18.1. The molecule has 0 radical (unpaired) electrons. The number of amides is 1. The molecular formula is C26H32N2O3. The summed E-state index contributed by atoms with van der Waals surface area (Å²) >= 11 is 0. The molecule has 1 aromatic carbocycles. The van der Waals surface area contributed by atoms with E-state index in [-0.39, 0.29) is 24.8 Å². The second kappa shape index (κ2) is 7.11. The maximum atomic E-state index is 13.2. The summed E-state index contributed by atoms with van der Waals surface area (Å²) in [7, 11) is 0. The number of aromatic amines is 1. The van der Waals surface area contributed by atoms with Gasteiger partial charge in [0.25, 0.3) is 0 Å². The van der Waals surface area contributed by atoms with E-state index in [1.807, 2.05) is 4.90 Å². The summed E-state index contributed by atoms with van der Waals surface area (Å²) in [6.45, 7) is 0.699. The van der Waals surface area contributed by atoms with E-state index < -0.39 is 5.97 Å². The molecule has 1 amide bonds. The highest BCUT2D eigenvalue weighted by Crippen LogP contribution is 2.63. The number of para-hydroxylation sites is 1. The number of carboxylic acid groups (broad SMARTS) is 1. The number of hydrogen-bond acceptors (Lipinski definition) is 2. The highest BCUT2D eigenvalue weighted by molar-refractivity contribution is 5.86. The van der Waals surface area contributed by atoms with Crippen molar-refractivity contribution in [2.24, 2.45) is 23.2 Å². The molecule has 1 aliphatic heterocycles. The highest BCUT2D eigenvalue weighted by Gasteiger charge is 2.52. The van der Waals surface area contributed by atoms with Crippen molar-refractivity contribution in [3.63, 3.8) is 0 Å². The number of H-pyrrole nitrogens is 1. The van der Waals surface area contributed by atoms with E-state index in [0.29, 0.717) is 12.0 Å². The number of fused-ring (bicyclic) bond motifs is 3. The predicted molar refractivity (Wildman–Crippen MR) is 119 cm³/mol. The first-order chi connectivity index (χ1) is 15.0. The summed E-state index contributed by atoms with van der Waals surface area (Å²) in [6, 6.07) is 8.53. The third-order valence-corrected chi connectivity index (χ3v) is 8.82. The molecule has 5 aliphatic rings. The van der Waals surface area contributed by atoms with Crippen LogP contribution < -0.4 is 0 Å². The van der Waals surface area contributed by atoms with E-state index in [1.165, 1.54) is 55.2 Å². The van der Waals surface area contributed by atoms with Crippen molar-refractivity contribution in [1.82, 2.24) is 9.88 Å². The predicted octanol–water partition coefficient (Wildman–Crippen LogP) is 5.07. The number of rotatable bonds is 5. The number of carboxylic acids is 1. The lowest BCUT2D eigenvalue weighted by Crippen LogP contribution is -2.49. The van der Waals surface area contributed by atoms with Crippen molar-refractivity contribution in [2.75, 3.05) is 6.54 Å². The minimum atomic E-state index is -0.894. The Balaban J connectivity index is 1.36. The van der Waals surface area contributed by atoms with Crippen molar-refractivity contribution >= 4 is 22.8 Å². The van der Waals surface area contributed by atoms with Crippen molar-refractivity contribution in [1.29, 1.82) is 0 Å². The van der Waals surface area contributed by atoms with Crippen molar-refractivity contribution in [3.05, 3.63) is 35.5 Å². The molecule has 4 bridgehead atoms. The third-order valence-electron chi connectivity index (χ3n) is 8.82. The Hall–Kier alpha value is -2.30. The molecule has 2 aromatic rings. The van der Waals surface area contributed by atoms with Gasteiger partial charge in [-0.25, -0.2) is 0 Å². The minimum absolute atomic E-state index is 0.00133. The number of carbonyl (C=O) groups excluding carboxylic acids is 1. The van der Waals surface area contributed by atoms with E-state index in [2.05, 4.69) is 29.2 Å². The Morgan fingerprint density at radius 3 is 2.39 bits per heavy atom. The van der Waals surface area contributed by atoms with E-state index in [9.17, 15) is 9.59 Å². The molecule has 0 saturated heterocycles. The van der Waals surface area contributed by atoms with Gasteiger partial charge in [-0.3, -0.25) is 9.59 Å². The Labute approximate surface area is 183 Å². The average Bonchev–Trinajstić information content (AvgIpc) is 3.10. The Morgan fingerprint density at radius 2 is 1.71 bits per heavy atom. The van der Waals surface area contributed by atoms with Gasteiger partial charge in [0, 0.05) is 29.6 Å². The molecule has 1 unspecified atom stereocenters. The maximum absolute atomic E-state index is 13.2. The zero-order chi connectivity index (χ0) is 21.2. The third kappa shape index (κ3) is 3.28. The van der Waals surface area contributed by atoms with Crippen LogP contribution in [-0.4, -0.2) is 33.4 Å². The standard InChI is InChI=1S/C26H32N2O3/c29-23(5-6-24(30)31)28-8-7-20-19-3-1-2-4-21(19)27-25(20)22(28)15-26-12-16-9-17(13-26)11-18(10-16)14-26/h1-4,16-18,22,27H,5-15H2,(H,30,31). The van der Waals surface area contributed by atoms with Crippen molar-refractivity contribution in [3.8, 4) is 0 Å². The fourth-order valence-corrected chi connectivity index (χ4v) is 8.14. The van der Waals surface area contributed by atoms with Gasteiger partial charge in [0.15, 0.2) is 0 Å². The first-order valence-electron chi connectivity index (χ1n) is 12.1. The number of aromatic nitrogens is 1. The summed E-state index contributed by atoms with van der Waals surface area (Å²) < 4.78 is 0. The molecule has 31 heavy (non-hydrogen) atoms. The lowest BCUT2D eigenvalue weighted by atomic mass is 9.48. The van der Waals surface area contributed by atoms with Gasteiger partial charge in [0.1, 0.15) is 0 Å². The SMILES string of the molecule is O=C(O)CCC(=O)N1CCc2c([nH]c3ccccc23)C1CC12CC3CC(CC(C3)C1)C2. The number of hydrogen-bond donors (Lipinski definition) is 2. The van der Waals surface area contributed by atoms with Crippen LogP contribution in [0.15, 0.2) is 24.3 Å². The second-order valence-corrected chi connectivity index (χ2v) is 10.9. The van der Waals surface area contributed by atoms with Gasteiger partial charge in [0.05, 0.1) is 12.5 Å². The monoisotopic (exact) mass is 420 g/mol. The maximum Gasteiger partial charge on any atom is 0.303 e. The van der Waals surface area contributed by atoms with Crippen LogP contribution >= 0.6 is 0 Å². The minimum Gasteiger partial charge on any atom is -0.481 e. The van der Waals surface area contributed by atoms with Crippen LogP contribution in [0.5, 0.6) is 0 Å². The van der Waals surface area contributed by atoms with Gasteiger partial charge in [0.2, 0.25) is 5.91 Å². The largest absolute Gasteiger partial charge is 0.481 e.